The number of nitrogen functional groups attached to an aromatic ring is 1. The molecule has 1 aliphatic carbocycles. The fraction of sp³-hybridized carbons (Fsp3) is 0.750. The Labute approximate surface area is 91.4 Å². The quantitative estimate of drug-likeness (QED) is 0.783. The predicted molar refractivity (Wildman–Crippen MR) is 62.5 cm³/mol. The highest BCUT2D eigenvalue weighted by Crippen LogP contribution is 2.39. The van der Waals surface area contributed by atoms with Crippen LogP contribution < -0.4 is 5.73 Å². The molecule has 84 valence electrons. The topological polar surface area (TPSA) is 54.7 Å². The van der Waals surface area contributed by atoms with Gasteiger partial charge < -0.3 is 5.73 Å². The van der Waals surface area contributed by atoms with E-state index < -0.39 is 0 Å². The Kier molecular flexibility index (Phi) is 2.98. The van der Waals surface area contributed by atoms with Crippen molar-refractivity contribution < 1.29 is 0 Å². The molecule has 1 saturated carbocycles. The molecule has 3 heteroatoms. The zero-order valence-corrected chi connectivity index (χ0v) is 9.66. The normalized spacial score (nSPS) is 27.1. The monoisotopic (exact) mass is 207 g/mol. The maximum atomic E-state index is 5.87. The van der Waals surface area contributed by atoms with Crippen LogP contribution in [0.1, 0.15) is 51.1 Å². The van der Waals surface area contributed by atoms with E-state index in [4.69, 9.17) is 5.73 Å². The van der Waals surface area contributed by atoms with E-state index in [2.05, 4.69) is 24.0 Å². The van der Waals surface area contributed by atoms with E-state index in [9.17, 15) is 0 Å². The summed E-state index contributed by atoms with van der Waals surface area (Å²) in [4.78, 5) is 0. The van der Waals surface area contributed by atoms with Crippen molar-refractivity contribution in [2.45, 2.75) is 45.4 Å². The molecule has 1 fully saturated rings. The van der Waals surface area contributed by atoms with Crippen LogP contribution in [0, 0.1) is 11.8 Å². The van der Waals surface area contributed by atoms with Crippen molar-refractivity contribution in [2.75, 3.05) is 5.73 Å². The molecular formula is C12H21N3. The minimum atomic E-state index is 0.613. The molecule has 0 unspecified atom stereocenters. The number of rotatable bonds is 2. The van der Waals surface area contributed by atoms with Gasteiger partial charge in [0.25, 0.3) is 0 Å². The molecule has 0 amide bonds. The summed E-state index contributed by atoms with van der Waals surface area (Å²) in [5.41, 5.74) is 7.87. The van der Waals surface area contributed by atoms with Gasteiger partial charge in [0.1, 0.15) is 0 Å². The zero-order chi connectivity index (χ0) is 10.8. The predicted octanol–water partition coefficient (Wildman–Crippen LogP) is 2.92. The van der Waals surface area contributed by atoms with Gasteiger partial charge in [0.05, 0.1) is 17.6 Å². The lowest BCUT2D eigenvalue weighted by Crippen LogP contribution is -2.18. The van der Waals surface area contributed by atoms with Crippen LogP contribution in [0.15, 0.2) is 6.20 Å². The average Bonchev–Trinajstić information content (AvgIpc) is 2.65. The van der Waals surface area contributed by atoms with E-state index in [1.54, 1.807) is 6.20 Å². The van der Waals surface area contributed by atoms with Crippen molar-refractivity contribution in [3.63, 3.8) is 0 Å². The second-order valence-electron chi connectivity index (χ2n) is 5.09. The van der Waals surface area contributed by atoms with Crippen LogP contribution in [0.4, 0.5) is 5.69 Å². The molecule has 3 nitrogen and oxygen atoms in total. The minimum absolute atomic E-state index is 0.613. The van der Waals surface area contributed by atoms with Crippen molar-refractivity contribution in [1.29, 1.82) is 0 Å². The van der Waals surface area contributed by atoms with E-state index in [1.807, 2.05) is 0 Å². The van der Waals surface area contributed by atoms with E-state index >= 15 is 0 Å². The summed E-state index contributed by atoms with van der Waals surface area (Å²) in [6.07, 6.45) is 6.91. The number of nitrogens with zero attached hydrogens (tertiary/aromatic N) is 1. The number of aromatic nitrogens is 2. The minimum Gasteiger partial charge on any atom is -0.396 e. The SMILES string of the molecule is CC(C)C1CCC(c2[nH]ncc2N)CC1. The number of anilines is 1. The number of hydrogen-bond acceptors (Lipinski definition) is 2. The van der Waals surface area contributed by atoms with Crippen molar-refractivity contribution in [3.8, 4) is 0 Å². The molecule has 1 aromatic heterocycles. The highest BCUT2D eigenvalue weighted by molar-refractivity contribution is 5.42. The Bertz CT molecular complexity index is 308. The number of nitrogens with one attached hydrogen (secondary N) is 1. The molecule has 0 aliphatic heterocycles. The van der Waals surface area contributed by atoms with Crippen LogP contribution >= 0.6 is 0 Å². The second kappa shape index (κ2) is 4.25. The van der Waals surface area contributed by atoms with Crippen LogP contribution in [0.3, 0.4) is 0 Å². The number of nitrogens with two attached hydrogens (primary N) is 1. The zero-order valence-electron chi connectivity index (χ0n) is 9.66. The molecule has 0 radical (unpaired) electrons. The third-order valence-corrected chi connectivity index (χ3v) is 3.82. The van der Waals surface area contributed by atoms with Gasteiger partial charge in [-0.1, -0.05) is 13.8 Å². The van der Waals surface area contributed by atoms with Gasteiger partial charge in [-0.3, -0.25) is 5.10 Å². The third kappa shape index (κ3) is 2.16. The lowest BCUT2D eigenvalue weighted by atomic mass is 9.76. The van der Waals surface area contributed by atoms with Crippen molar-refractivity contribution in [2.24, 2.45) is 11.8 Å². The van der Waals surface area contributed by atoms with Gasteiger partial charge in [-0.25, -0.2) is 0 Å². The molecule has 1 aliphatic rings. The number of H-pyrrole nitrogens is 1. The van der Waals surface area contributed by atoms with E-state index in [0.717, 1.165) is 23.2 Å². The summed E-state index contributed by atoms with van der Waals surface area (Å²) in [7, 11) is 0. The standard InChI is InChI=1S/C12H21N3/c1-8(2)9-3-5-10(6-4-9)12-11(13)7-14-15-12/h7-10H,3-6,13H2,1-2H3,(H,14,15). The number of hydrogen-bond donors (Lipinski definition) is 2. The summed E-state index contributed by atoms with van der Waals surface area (Å²) in [5, 5.41) is 7.05. The van der Waals surface area contributed by atoms with Crippen LogP contribution in [0.2, 0.25) is 0 Å². The molecule has 0 spiro atoms. The van der Waals surface area contributed by atoms with Gasteiger partial charge in [0.2, 0.25) is 0 Å². The van der Waals surface area contributed by atoms with E-state index in [-0.39, 0.29) is 0 Å². The Morgan fingerprint density at radius 3 is 2.47 bits per heavy atom. The molecular weight excluding hydrogens is 186 g/mol. The van der Waals surface area contributed by atoms with E-state index in [1.165, 1.54) is 25.7 Å². The summed E-state index contributed by atoms with van der Waals surface area (Å²) >= 11 is 0. The summed E-state index contributed by atoms with van der Waals surface area (Å²) in [6, 6.07) is 0. The van der Waals surface area contributed by atoms with Gasteiger partial charge >= 0.3 is 0 Å². The second-order valence-corrected chi connectivity index (χ2v) is 5.09. The maximum absolute atomic E-state index is 5.87. The summed E-state index contributed by atoms with van der Waals surface area (Å²) < 4.78 is 0. The lowest BCUT2D eigenvalue weighted by Gasteiger charge is -2.30. The van der Waals surface area contributed by atoms with Gasteiger partial charge in [-0.15, -0.1) is 0 Å². The molecule has 15 heavy (non-hydrogen) atoms. The van der Waals surface area contributed by atoms with Crippen LogP contribution in [-0.2, 0) is 0 Å². The summed E-state index contributed by atoms with van der Waals surface area (Å²) in [5.74, 6) is 2.35. The molecule has 2 rings (SSSR count). The van der Waals surface area contributed by atoms with Gasteiger partial charge in [-0.2, -0.15) is 5.10 Å². The van der Waals surface area contributed by atoms with Crippen molar-refractivity contribution >= 4 is 5.69 Å². The highest BCUT2D eigenvalue weighted by atomic mass is 15.1. The Morgan fingerprint density at radius 2 is 2.00 bits per heavy atom. The molecule has 1 heterocycles. The van der Waals surface area contributed by atoms with E-state index in [0.29, 0.717) is 5.92 Å². The first-order valence-electron chi connectivity index (χ1n) is 5.97. The van der Waals surface area contributed by atoms with Gasteiger partial charge in [0.15, 0.2) is 0 Å². The molecule has 0 aromatic carbocycles. The third-order valence-electron chi connectivity index (χ3n) is 3.82. The lowest BCUT2D eigenvalue weighted by molar-refractivity contribution is 0.257. The molecule has 0 saturated heterocycles. The van der Waals surface area contributed by atoms with Crippen LogP contribution in [-0.4, -0.2) is 10.2 Å². The molecule has 0 atom stereocenters. The first-order valence-corrected chi connectivity index (χ1v) is 5.97. The molecule has 1 aromatic rings. The molecule has 0 bridgehead atoms. The highest BCUT2D eigenvalue weighted by Gasteiger charge is 2.25. The first kappa shape index (κ1) is 10.5. The van der Waals surface area contributed by atoms with Gasteiger partial charge in [0, 0.05) is 5.92 Å². The fourth-order valence-electron chi connectivity index (χ4n) is 2.71. The first-order chi connectivity index (χ1) is 7.18. The largest absolute Gasteiger partial charge is 0.396 e. The molecule has 3 N–H and O–H groups in total. The average molecular weight is 207 g/mol. The smallest absolute Gasteiger partial charge is 0.0733 e. The van der Waals surface area contributed by atoms with Crippen LogP contribution in [0.25, 0.3) is 0 Å². The van der Waals surface area contributed by atoms with Crippen LogP contribution in [0.5, 0.6) is 0 Å². The maximum Gasteiger partial charge on any atom is 0.0733 e. The number of aromatic amines is 1. The van der Waals surface area contributed by atoms with Gasteiger partial charge in [-0.05, 0) is 37.5 Å². The fourth-order valence-corrected chi connectivity index (χ4v) is 2.71. The van der Waals surface area contributed by atoms with Crippen molar-refractivity contribution in [1.82, 2.24) is 10.2 Å². The Hall–Kier alpha value is -0.990. The Morgan fingerprint density at radius 1 is 1.33 bits per heavy atom. The van der Waals surface area contributed by atoms with Crippen molar-refractivity contribution in [3.05, 3.63) is 11.9 Å². The summed E-state index contributed by atoms with van der Waals surface area (Å²) in [6.45, 7) is 4.66. The Balaban J connectivity index is 1.97.